The number of carbonyl (C=O) groups is 1. The minimum absolute atomic E-state index is 0.205. The third-order valence-electron chi connectivity index (χ3n) is 3.76. The number of hydrogen-bond donors (Lipinski definition) is 1. The zero-order valence-corrected chi connectivity index (χ0v) is 14.7. The van der Waals surface area contributed by atoms with Crippen molar-refractivity contribution in [1.82, 2.24) is 0 Å². The zero-order chi connectivity index (χ0) is 17.5. The van der Waals surface area contributed by atoms with Gasteiger partial charge in [0.15, 0.2) is 0 Å². The van der Waals surface area contributed by atoms with Gasteiger partial charge in [-0.15, -0.1) is 0 Å². The molecular formula is C19H20F2O2Si. The van der Waals surface area contributed by atoms with E-state index in [0.717, 1.165) is 28.0 Å². The van der Waals surface area contributed by atoms with E-state index < -0.39 is 15.4 Å². The van der Waals surface area contributed by atoms with Gasteiger partial charge in [-0.3, -0.25) is 8.22 Å². The molecule has 0 radical (unpaired) electrons. The normalized spacial score (nSPS) is 10.7. The van der Waals surface area contributed by atoms with Crippen LogP contribution in [0.3, 0.4) is 0 Å². The van der Waals surface area contributed by atoms with Gasteiger partial charge < -0.3 is 5.11 Å². The molecule has 0 aliphatic carbocycles. The average Bonchev–Trinajstić information content (AvgIpc) is 2.58. The van der Waals surface area contributed by atoms with Gasteiger partial charge in [-0.05, 0) is 33.7 Å². The zero-order valence-electron chi connectivity index (χ0n) is 13.5. The first kappa shape index (κ1) is 18.1. The maximum absolute atomic E-state index is 11.4. The molecule has 0 atom stereocenters. The molecule has 0 bridgehead atoms. The molecule has 0 amide bonds. The molecule has 0 aliphatic heterocycles. The fraction of sp³-hybridized carbons (Fsp3) is 0.211. The van der Waals surface area contributed by atoms with E-state index in [2.05, 4.69) is 0 Å². The standard InChI is InChI=1S/C15H10O2.C4H10F2Si/c16-15(17)14-12-7-3-1-5-10(12)9-11-6-2-4-8-13(11)14;1-2-3-4-7(5)6/h1-9H,(H,16,17);7H,2-4H2,1H3. The molecule has 0 aromatic heterocycles. The number of rotatable bonds is 4. The molecule has 0 fully saturated rings. The Bertz CT molecular complexity index is 780. The van der Waals surface area contributed by atoms with E-state index in [1.54, 1.807) is 0 Å². The highest BCUT2D eigenvalue weighted by molar-refractivity contribution is 6.42. The smallest absolute Gasteiger partial charge is 0.411 e. The highest BCUT2D eigenvalue weighted by Crippen LogP contribution is 2.28. The monoisotopic (exact) mass is 346 g/mol. The molecule has 5 heteroatoms. The third kappa shape index (κ3) is 4.38. The number of unbranched alkanes of at least 4 members (excludes halogenated alkanes) is 1. The Morgan fingerprint density at radius 3 is 1.88 bits per heavy atom. The lowest BCUT2D eigenvalue weighted by molar-refractivity contribution is 0.0701. The fourth-order valence-electron chi connectivity index (χ4n) is 2.60. The Hall–Kier alpha value is -2.27. The van der Waals surface area contributed by atoms with E-state index in [-0.39, 0.29) is 6.04 Å². The third-order valence-corrected chi connectivity index (χ3v) is 4.61. The molecule has 126 valence electrons. The highest BCUT2D eigenvalue weighted by atomic mass is 28.4. The summed E-state index contributed by atoms with van der Waals surface area (Å²) in [4.78, 5) is 11.4. The van der Waals surface area contributed by atoms with Crippen LogP contribution in [0.5, 0.6) is 0 Å². The van der Waals surface area contributed by atoms with Gasteiger partial charge in [0.1, 0.15) is 0 Å². The molecule has 3 aromatic carbocycles. The SMILES string of the molecule is CCCC[SiH](F)F.O=C(O)c1c2ccccc2cc2ccccc12. The van der Waals surface area contributed by atoms with Crippen molar-refractivity contribution in [3.8, 4) is 0 Å². The van der Waals surface area contributed by atoms with Gasteiger partial charge in [-0.25, -0.2) is 4.79 Å². The van der Waals surface area contributed by atoms with E-state index in [4.69, 9.17) is 0 Å². The van der Waals surface area contributed by atoms with Crippen LogP contribution < -0.4 is 0 Å². The first-order valence-electron chi connectivity index (χ1n) is 7.96. The van der Waals surface area contributed by atoms with Crippen LogP contribution in [-0.2, 0) is 0 Å². The van der Waals surface area contributed by atoms with Crippen molar-refractivity contribution < 1.29 is 18.1 Å². The van der Waals surface area contributed by atoms with Crippen molar-refractivity contribution in [3.05, 3.63) is 60.2 Å². The number of aromatic carboxylic acids is 1. The number of carboxylic acid groups (broad SMARTS) is 1. The summed E-state index contributed by atoms with van der Waals surface area (Å²) in [5.74, 6) is -0.877. The fourth-order valence-corrected chi connectivity index (χ4v) is 3.32. The van der Waals surface area contributed by atoms with Crippen LogP contribution >= 0.6 is 0 Å². The quantitative estimate of drug-likeness (QED) is 0.377. The first-order valence-corrected chi connectivity index (χ1v) is 9.65. The molecule has 0 aliphatic rings. The van der Waals surface area contributed by atoms with Gasteiger partial charge in [0.25, 0.3) is 0 Å². The van der Waals surface area contributed by atoms with E-state index in [0.29, 0.717) is 12.0 Å². The molecular weight excluding hydrogens is 326 g/mol. The minimum Gasteiger partial charge on any atom is -0.478 e. The maximum Gasteiger partial charge on any atom is 0.411 e. The number of halogens is 2. The molecule has 3 rings (SSSR count). The van der Waals surface area contributed by atoms with Crippen LogP contribution in [0.1, 0.15) is 30.1 Å². The Morgan fingerprint density at radius 1 is 1.00 bits per heavy atom. The number of hydrogen-bond acceptors (Lipinski definition) is 1. The second kappa shape index (κ2) is 8.54. The van der Waals surface area contributed by atoms with Crippen molar-refractivity contribution in [1.29, 1.82) is 0 Å². The largest absolute Gasteiger partial charge is 0.478 e. The van der Waals surface area contributed by atoms with Crippen LogP contribution in [0.4, 0.5) is 8.22 Å². The highest BCUT2D eigenvalue weighted by Gasteiger charge is 2.12. The van der Waals surface area contributed by atoms with Crippen molar-refractivity contribution >= 4 is 37.0 Å². The maximum atomic E-state index is 11.4. The Balaban J connectivity index is 0.000000256. The summed E-state index contributed by atoms with van der Waals surface area (Å²) in [5.41, 5.74) is 0.388. The van der Waals surface area contributed by atoms with E-state index in [1.807, 2.05) is 61.5 Å². The first-order chi connectivity index (χ1) is 11.5. The number of fused-ring (bicyclic) bond motifs is 2. The summed E-state index contributed by atoms with van der Waals surface area (Å²) in [6.07, 6.45) is 1.61. The molecule has 1 N–H and O–H groups in total. The van der Waals surface area contributed by atoms with Crippen molar-refractivity contribution in [3.63, 3.8) is 0 Å². The summed E-state index contributed by atoms with van der Waals surface area (Å²) in [5, 5.41) is 12.9. The van der Waals surface area contributed by atoms with Crippen LogP contribution in [0.15, 0.2) is 54.6 Å². The summed E-state index contributed by atoms with van der Waals surface area (Å²) >= 11 is 0. The van der Waals surface area contributed by atoms with Gasteiger partial charge in [0.2, 0.25) is 0 Å². The summed E-state index contributed by atoms with van der Waals surface area (Å²) in [6, 6.07) is 17.4. The van der Waals surface area contributed by atoms with Gasteiger partial charge in [0, 0.05) is 0 Å². The second-order valence-corrected chi connectivity index (χ2v) is 6.89. The molecule has 24 heavy (non-hydrogen) atoms. The lowest BCUT2D eigenvalue weighted by atomic mass is 9.97. The average molecular weight is 346 g/mol. The van der Waals surface area contributed by atoms with E-state index in [1.165, 1.54) is 0 Å². The summed E-state index contributed by atoms with van der Waals surface area (Å²) in [7, 11) is -3.19. The molecule has 0 spiro atoms. The van der Waals surface area contributed by atoms with E-state index in [9.17, 15) is 18.1 Å². The predicted molar refractivity (Wildman–Crippen MR) is 97.5 cm³/mol. The number of carboxylic acids is 1. The van der Waals surface area contributed by atoms with Gasteiger partial charge in [-0.2, -0.15) is 0 Å². The minimum atomic E-state index is -3.19. The van der Waals surface area contributed by atoms with Crippen molar-refractivity contribution in [2.45, 2.75) is 25.8 Å². The Kier molecular flexibility index (Phi) is 6.43. The lowest BCUT2D eigenvalue weighted by Gasteiger charge is -2.07. The Morgan fingerprint density at radius 2 is 1.50 bits per heavy atom. The lowest BCUT2D eigenvalue weighted by Crippen LogP contribution is -1.99. The van der Waals surface area contributed by atoms with Gasteiger partial charge in [0.05, 0.1) is 5.56 Å². The Labute approximate surface area is 141 Å². The molecule has 0 heterocycles. The van der Waals surface area contributed by atoms with Crippen molar-refractivity contribution in [2.75, 3.05) is 0 Å². The van der Waals surface area contributed by atoms with Crippen molar-refractivity contribution in [2.24, 2.45) is 0 Å². The molecule has 2 nitrogen and oxygen atoms in total. The van der Waals surface area contributed by atoms with E-state index >= 15 is 0 Å². The molecule has 0 unspecified atom stereocenters. The van der Waals surface area contributed by atoms with Crippen LogP contribution in [0, 0.1) is 0 Å². The van der Waals surface area contributed by atoms with Gasteiger partial charge in [-0.1, -0.05) is 68.3 Å². The van der Waals surface area contributed by atoms with Crippen LogP contribution in [0.2, 0.25) is 6.04 Å². The summed E-state index contributed by atoms with van der Waals surface area (Å²) in [6.45, 7) is 1.93. The summed E-state index contributed by atoms with van der Waals surface area (Å²) < 4.78 is 22.7. The second-order valence-electron chi connectivity index (χ2n) is 5.53. The van der Waals surface area contributed by atoms with Crippen LogP contribution in [-0.4, -0.2) is 20.5 Å². The topological polar surface area (TPSA) is 37.3 Å². The van der Waals surface area contributed by atoms with Crippen LogP contribution in [0.25, 0.3) is 21.5 Å². The predicted octanol–water partition coefficient (Wildman–Crippen LogP) is 5.64. The van der Waals surface area contributed by atoms with Gasteiger partial charge >= 0.3 is 15.4 Å². The molecule has 0 saturated heterocycles. The number of benzene rings is 3. The molecule has 0 saturated carbocycles. The molecule has 3 aromatic rings.